The summed E-state index contributed by atoms with van der Waals surface area (Å²) in [5.41, 5.74) is 6.93. The molecule has 2 heterocycles. The van der Waals surface area contributed by atoms with Crippen LogP contribution in [0, 0.1) is 0 Å². The highest BCUT2D eigenvalue weighted by Crippen LogP contribution is 2.26. The Morgan fingerprint density at radius 2 is 2.20 bits per heavy atom. The van der Waals surface area contributed by atoms with E-state index in [0.29, 0.717) is 41.9 Å². The molecule has 0 spiro atoms. The number of piperazine rings is 1. The molecule has 2 aliphatic rings. The van der Waals surface area contributed by atoms with E-state index < -0.39 is 0 Å². The SMILES string of the molecule is Nc1cccc(C(=O)N2CCN3C(=O)NCC3C2)c1Br. The average molecular weight is 339 g/mol. The number of nitrogen functional groups attached to an aromatic ring is 1. The molecule has 20 heavy (non-hydrogen) atoms. The van der Waals surface area contributed by atoms with Crippen LogP contribution in [0.4, 0.5) is 10.5 Å². The fourth-order valence-corrected chi connectivity index (χ4v) is 3.11. The molecular weight excluding hydrogens is 324 g/mol. The first-order valence-corrected chi connectivity index (χ1v) is 7.25. The van der Waals surface area contributed by atoms with Crippen LogP contribution >= 0.6 is 15.9 Å². The van der Waals surface area contributed by atoms with Gasteiger partial charge in [-0.15, -0.1) is 0 Å². The Balaban J connectivity index is 1.79. The molecule has 106 valence electrons. The normalized spacial score (nSPS) is 21.6. The van der Waals surface area contributed by atoms with Crippen LogP contribution in [0.3, 0.4) is 0 Å². The first-order valence-electron chi connectivity index (χ1n) is 6.45. The van der Waals surface area contributed by atoms with Gasteiger partial charge in [-0.2, -0.15) is 0 Å². The number of nitrogens with one attached hydrogen (secondary N) is 1. The van der Waals surface area contributed by atoms with E-state index in [4.69, 9.17) is 5.73 Å². The molecule has 2 fully saturated rings. The van der Waals surface area contributed by atoms with Crippen LogP contribution in [0.15, 0.2) is 22.7 Å². The smallest absolute Gasteiger partial charge is 0.317 e. The van der Waals surface area contributed by atoms with E-state index in [0.717, 1.165) is 0 Å². The molecule has 3 N–H and O–H groups in total. The first-order chi connectivity index (χ1) is 9.58. The van der Waals surface area contributed by atoms with E-state index in [-0.39, 0.29) is 18.0 Å². The molecule has 1 aromatic rings. The molecule has 3 rings (SSSR count). The van der Waals surface area contributed by atoms with Gasteiger partial charge in [-0.1, -0.05) is 6.07 Å². The molecule has 0 saturated carbocycles. The van der Waals surface area contributed by atoms with Gasteiger partial charge in [0.2, 0.25) is 0 Å². The molecule has 6 nitrogen and oxygen atoms in total. The molecule has 1 atom stereocenters. The number of anilines is 1. The zero-order chi connectivity index (χ0) is 14.3. The number of carbonyl (C=O) groups is 2. The molecule has 7 heteroatoms. The third-order valence-corrected chi connectivity index (χ3v) is 4.66. The highest BCUT2D eigenvalue weighted by molar-refractivity contribution is 9.10. The second-order valence-electron chi connectivity index (χ2n) is 4.99. The summed E-state index contributed by atoms with van der Waals surface area (Å²) in [5, 5.41) is 2.80. The topological polar surface area (TPSA) is 78.7 Å². The van der Waals surface area contributed by atoms with Crippen molar-refractivity contribution in [1.29, 1.82) is 0 Å². The molecule has 1 aromatic carbocycles. The maximum Gasteiger partial charge on any atom is 0.317 e. The predicted molar refractivity (Wildman–Crippen MR) is 78.4 cm³/mol. The second-order valence-corrected chi connectivity index (χ2v) is 5.79. The van der Waals surface area contributed by atoms with Gasteiger partial charge in [0, 0.05) is 31.9 Å². The molecule has 2 aliphatic heterocycles. The highest BCUT2D eigenvalue weighted by Gasteiger charge is 2.37. The highest BCUT2D eigenvalue weighted by atomic mass is 79.9. The number of nitrogens with two attached hydrogens (primary N) is 1. The molecule has 0 radical (unpaired) electrons. The zero-order valence-electron chi connectivity index (χ0n) is 10.8. The number of amides is 3. The lowest BCUT2D eigenvalue weighted by molar-refractivity contribution is 0.0616. The van der Waals surface area contributed by atoms with Crippen LogP contribution in [-0.4, -0.2) is 54.0 Å². The molecule has 1 unspecified atom stereocenters. The minimum absolute atomic E-state index is 0.0350. The van der Waals surface area contributed by atoms with Crippen molar-refractivity contribution in [2.45, 2.75) is 6.04 Å². The Morgan fingerprint density at radius 1 is 1.40 bits per heavy atom. The third kappa shape index (κ3) is 2.11. The Hall–Kier alpha value is -1.76. The van der Waals surface area contributed by atoms with Crippen molar-refractivity contribution in [3.63, 3.8) is 0 Å². The van der Waals surface area contributed by atoms with E-state index >= 15 is 0 Å². The molecule has 0 aromatic heterocycles. The van der Waals surface area contributed by atoms with Gasteiger partial charge in [-0.25, -0.2) is 4.79 Å². The van der Waals surface area contributed by atoms with Crippen LogP contribution in [0.25, 0.3) is 0 Å². The van der Waals surface area contributed by atoms with Gasteiger partial charge in [-0.05, 0) is 28.1 Å². The lowest BCUT2D eigenvalue weighted by Gasteiger charge is -2.36. The predicted octanol–water partition coefficient (Wildman–Crippen LogP) is 0.881. The van der Waals surface area contributed by atoms with Crippen molar-refractivity contribution >= 4 is 33.6 Å². The van der Waals surface area contributed by atoms with E-state index in [1.54, 1.807) is 28.0 Å². The third-order valence-electron chi connectivity index (χ3n) is 3.78. The molecule has 0 bridgehead atoms. The Labute approximate surface area is 125 Å². The van der Waals surface area contributed by atoms with Gasteiger partial charge in [0.1, 0.15) is 0 Å². The standard InChI is InChI=1S/C13H15BrN4O2/c14-11-9(2-1-3-10(11)15)12(19)17-4-5-18-8(7-17)6-16-13(18)20/h1-3,8H,4-7,15H2,(H,16,20). The summed E-state index contributed by atoms with van der Waals surface area (Å²) in [5.74, 6) is -0.0526. The van der Waals surface area contributed by atoms with Crippen molar-refractivity contribution in [1.82, 2.24) is 15.1 Å². The number of halogens is 1. The lowest BCUT2D eigenvalue weighted by Crippen LogP contribution is -2.53. The summed E-state index contributed by atoms with van der Waals surface area (Å²) in [6.45, 7) is 2.27. The van der Waals surface area contributed by atoms with Crippen LogP contribution in [0.5, 0.6) is 0 Å². The Bertz CT molecular complexity index is 577. The number of hydrogen-bond acceptors (Lipinski definition) is 3. The summed E-state index contributed by atoms with van der Waals surface area (Å²) < 4.78 is 0.632. The van der Waals surface area contributed by atoms with Gasteiger partial charge in [0.25, 0.3) is 5.91 Å². The monoisotopic (exact) mass is 338 g/mol. The maximum absolute atomic E-state index is 12.6. The fraction of sp³-hybridized carbons (Fsp3) is 0.385. The number of nitrogens with zero attached hydrogens (tertiary/aromatic N) is 2. The summed E-state index contributed by atoms with van der Waals surface area (Å²) >= 11 is 3.36. The number of rotatable bonds is 1. The van der Waals surface area contributed by atoms with E-state index in [9.17, 15) is 9.59 Å². The Kier molecular flexibility index (Phi) is 3.29. The number of urea groups is 1. The number of carbonyl (C=O) groups excluding carboxylic acids is 2. The van der Waals surface area contributed by atoms with E-state index in [1.807, 2.05) is 0 Å². The van der Waals surface area contributed by atoms with Gasteiger partial charge in [-0.3, -0.25) is 4.79 Å². The maximum atomic E-state index is 12.6. The minimum atomic E-state index is -0.0526. The van der Waals surface area contributed by atoms with Crippen molar-refractivity contribution in [2.75, 3.05) is 31.9 Å². The van der Waals surface area contributed by atoms with Gasteiger partial charge in [0.15, 0.2) is 0 Å². The van der Waals surface area contributed by atoms with Crippen molar-refractivity contribution in [3.8, 4) is 0 Å². The molecule has 2 saturated heterocycles. The zero-order valence-corrected chi connectivity index (χ0v) is 12.4. The lowest BCUT2D eigenvalue weighted by atomic mass is 10.1. The van der Waals surface area contributed by atoms with Crippen molar-refractivity contribution in [2.24, 2.45) is 0 Å². The summed E-state index contributed by atoms with van der Waals surface area (Å²) in [6.07, 6.45) is 0. The largest absolute Gasteiger partial charge is 0.398 e. The Morgan fingerprint density at radius 3 is 3.00 bits per heavy atom. The minimum Gasteiger partial charge on any atom is -0.398 e. The van der Waals surface area contributed by atoms with Gasteiger partial charge in [0.05, 0.1) is 16.1 Å². The summed E-state index contributed by atoms with van der Waals surface area (Å²) in [4.78, 5) is 27.7. The van der Waals surface area contributed by atoms with Gasteiger partial charge >= 0.3 is 6.03 Å². The summed E-state index contributed by atoms with van der Waals surface area (Å²) in [7, 11) is 0. The van der Waals surface area contributed by atoms with E-state index in [2.05, 4.69) is 21.2 Å². The molecular formula is C13H15BrN4O2. The molecule has 0 aliphatic carbocycles. The van der Waals surface area contributed by atoms with Crippen molar-refractivity contribution < 1.29 is 9.59 Å². The van der Waals surface area contributed by atoms with Crippen molar-refractivity contribution in [3.05, 3.63) is 28.2 Å². The van der Waals surface area contributed by atoms with Crippen LogP contribution in [-0.2, 0) is 0 Å². The summed E-state index contributed by atoms with van der Waals surface area (Å²) in [6, 6.07) is 5.31. The first kappa shape index (κ1) is 13.2. The van der Waals surface area contributed by atoms with E-state index in [1.165, 1.54) is 0 Å². The average Bonchev–Trinajstić information content (AvgIpc) is 2.82. The van der Waals surface area contributed by atoms with Crippen LogP contribution in [0.1, 0.15) is 10.4 Å². The second kappa shape index (κ2) is 4.97. The number of hydrogen-bond donors (Lipinski definition) is 2. The number of fused-ring (bicyclic) bond motifs is 1. The molecule has 3 amide bonds. The van der Waals surface area contributed by atoms with Crippen LogP contribution in [0.2, 0.25) is 0 Å². The number of benzene rings is 1. The van der Waals surface area contributed by atoms with Crippen LogP contribution < -0.4 is 11.1 Å². The van der Waals surface area contributed by atoms with Gasteiger partial charge < -0.3 is 20.9 Å². The fourth-order valence-electron chi connectivity index (χ4n) is 2.67. The quantitative estimate of drug-likeness (QED) is 0.746.